The van der Waals surface area contributed by atoms with Crippen LogP contribution < -0.4 is 5.32 Å². The molecule has 0 unspecified atom stereocenters. The van der Waals surface area contributed by atoms with Crippen molar-refractivity contribution in [3.63, 3.8) is 0 Å². The molecule has 2 amide bonds. The highest BCUT2D eigenvalue weighted by Crippen LogP contribution is 2.29. The molecule has 2 heterocycles. The Hall–Kier alpha value is -3.57. The summed E-state index contributed by atoms with van der Waals surface area (Å²) in [5.41, 5.74) is 1.53. The van der Waals surface area contributed by atoms with Gasteiger partial charge in [0.05, 0.1) is 24.3 Å². The van der Waals surface area contributed by atoms with Gasteiger partial charge < -0.3 is 24.8 Å². The number of benzene rings is 1. The molecule has 1 atom stereocenters. The number of aryl methyl sites for hydroxylation is 1. The number of hydrogen-bond donors (Lipinski definition) is 2. The number of nitrogens with one attached hydrogen (secondary N) is 1. The molecule has 1 aliphatic rings. The van der Waals surface area contributed by atoms with E-state index < -0.39 is 23.3 Å². The summed E-state index contributed by atoms with van der Waals surface area (Å²) in [5.74, 6) is -2.30. The van der Waals surface area contributed by atoms with Gasteiger partial charge in [0.15, 0.2) is 0 Å². The lowest BCUT2D eigenvalue weighted by Gasteiger charge is -2.36. The maximum absolute atomic E-state index is 13.5. The summed E-state index contributed by atoms with van der Waals surface area (Å²) in [6, 6.07) is 6.34. The average Bonchev–Trinajstić information content (AvgIpc) is 2.93. The van der Waals surface area contributed by atoms with Crippen LogP contribution in [0, 0.1) is 12.3 Å². The van der Waals surface area contributed by atoms with E-state index in [1.54, 1.807) is 31.7 Å². The van der Waals surface area contributed by atoms with Gasteiger partial charge in [-0.2, -0.15) is 0 Å². The molecule has 41 heavy (non-hydrogen) atoms. The van der Waals surface area contributed by atoms with Crippen molar-refractivity contribution in [3.05, 3.63) is 41.1 Å². The van der Waals surface area contributed by atoms with Crippen LogP contribution in [0.1, 0.15) is 62.2 Å². The van der Waals surface area contributed by atoms with Crippen LogP contribution in [0.25, 0.3) is 10.9 Å². The normalized spacial score (nSPS) is 15.0. The molecule has 2 N–H and O–H groups in total. The second kappa shape index (κ2) is 14.4. The van der Waals surface area contributed by atoms with Crippen LogP contribution in [0.3, 0.4) is 0 Å². The van der Waals surface area contributed by atoms with E-state index in [4.69, 9.17) is 9.47 Å². The van der Waals surface area contributed by atoms with Crippen molar-refractivity contribution in [1.82, 2.24) is 20.1 Å². The maximum Gasteiger partial charge on any atom is 0.311 e. The summed E-state index contributed by atoms with van der Waals surface area (Å²) in [5, 5.41) is 12.9. The molecular formula is C30H42N4O7. The summed E-state index contributed by atoms with van der Waals surface area (Å²) >= 11 is 0. The molecule has 1 aromatic carbocycles. The molecule has 3 rings (SSSR count). The lowest BCUT2D eigenvalue weighted by atomic mass is 9.84. The Morgan fingerprint density at radius 3 is 2.41 bits per heavy atom. The smallest absolute Gasteiger partial charge is 0.311 e. The fourth-order valence-electron chi connectivity index (χ4n) is 4.84. The van der Waals surface area contributed by atoms with Crippen LogP contribution in [-0.2, 0) is 30.3 Å². The largest absolute Gasteiger partial charge is 0.481 e. The molecule has 11 heteroatoms. The number of carbonyl (C=O) groups excluding carboxylic acids is 3. The van der Waals surface area contributed by atoms with Crippen molar-refractivity contribution in [2.75, 3.05) is 46.1 Å². The standard InChI is InChI=1S/C30H42N4O7/c1-6-40-19-33-12-14-34(15-13-33)28(38)23(10-11-26(35)36)32-27(37)25-17-21(18-30(4,5)29(39)41-7-2)22-9-8-20(3)16-24(22)31-25/h8-9,16-17,23H,6-7,10-15,18-19H2,1-5H3,(H,32,37)(H,35,36)/t23-/m0/s1. The van der Waals surface area contributed by atoms with Gasteiger partial charge in [-0.25, -0.2) is 4.98 Å². The number of carboxylic acids is 1. The van der Waals surface area contributed by atoms with E-state index in [9.17, 15) is 24.3 Å². The number of aromatic nitrogens is 1. The molecule has 0 aliphatic carbocycles. The van der Waals surface area contributed by atoms with E-state index in [1.165, 1.54) is 0 Å². The minimum Gasteiger partial charge on any atom is -0.481 e. The third kappa shape index (κ3) is 8.71. The number of fused-ring (bicyclic) bond motifs is 1. The van der Waals surface area contributed by atoms with Gasteiger partial charge in [0.2, 0.25) is 5.91 Å². The third-order valence-corrected chi connectivity index (χ3v) is 7.16. The first-order chi connectivity index (χ1) is 19.4. The monoisotopic (exact) mass is 570 g/mol. The molecule has 2 aromatic rings. The first-order valence-corrected chi connectivity index (χ1v) is 14.1. The number of esters is 1. The fourth-order valence-corrected chi connectivity index (χ4v) is 4.84. The van der Waals surface area contributed by atoms with E-state index >= 15 is 0 Å². The van der Waals surface area contributed by atoms with Crippen molar-refractivity contribution in [1.29, 1.82) is 0 Å². The minimum atomic E-state index is -1.05. The zero-order chi connectivity index (χ0) is 30.2. The van der Waals surface area contributed by atoms with Crippen LogP contribution in [-0.4, -0.2) is 95.8 Å². The predicted molar refractivity (Wildman–Crippen MR) is 153 cm³/mol. The zero-order valence-electron chi connectivity index (χ0n) is 24.7. The molecule has 1 aliphatic heterocycles. The third-order valence-electron chi connectivity index (χ3n) is 7.16. The van der Waals surface area contributed by atoms with Crippen molar-refractivity contribution >= 4 is 34.7 Å². The maximum atomic E-state index is 13.5. The van der Waals surface area contributed by atoms with Gasteiger partial charge in [0.1, 0.15) is 11.7 Å². The number of ether oxygens (including phenoxy) is 2. The van der Waals surface area contributed by atoms with Gasteiger partial charge in [-0.15, -0.1) is 0 Å². The number of amides is 2. The number of rotatable bonds is 13. The molecule has 0 bridgehead atoms. The summed E-state index contributed by atoms with van der Waals surface area (Å²) in [6.45, 7) is 12.7. The second-order valence-corrected chi connectivity index (χ2v) is 11.0. The minimum absolute atomic E-state index is 0.0471. The Bertz CT molecular complexity index is 1250. The number of nitrogens with zero attached hydrogens (tertiary/aromatic N) is 3. The highest BCUT2D eigenvalue weighted by atomic mass is 16.5. The van der Waals surface area contributed by atoms with Crippen molar-refractivity contribution in [2.24, 2.45) is 5.41 Å². The second-order valence-electron chi connectivity index (χ2n) is 11.0. The van der Waals surface area contributed by atoms with Crippen LogP contribution in [0.4, 0.5) is 0 Å². The van der Waals surface area contributed by atoms with Gasteiger partial charge in [0.25, 0.3) is 5.91 Å². The van der Waals surface area contributed by atoms with E-state index in [-0.39, 0.29) is 37.0 Å². The Labute approximate surface area is 241 Å². The number of carbonyl (C=O) groups is 4. The molecule has 1 fully saturated rings. The number of carboxylic acid groups (broad SMARTS) is 1. The summed E-state index contributed by atoms with van der Waals surface area (Å²) < 4.78 is 10.7. The predicted octanol–water partition coefficient (Wildman–Crippen LogP) is 2.78. The van der Waals surface area contributed by atoms with Gasteiger partial charge in [0, 0.05) is 44.6 Å². The Balaban J connectivity index is 1.86. The molecule has 224 valence electrons. The van der Waals surface area contributed by atoms with E-state index in [0.717, 1.165) is 16.5 Å². The number of pyridine rings is 1. The topological polar surface area (TPSA) is 138 Å². The molecule has 0 spiro atoms. The van der Waals surface area contributed by atoms with Gasteiger partial charge in [-0.3, -0.25) is 24.1 Å². The van der Waals surface area contributed by atoms with E-state index in [0.29, 0.717) is 51.5 Å². The Kier molecular flexibility index (Phi) is 11.2. The van der Waals surface area contributed by atoms with Crippen molar-refractivity contribution in [3.8, 4) is 0 Å². The van der Waals surface area contributed by atoms with Gasteiger partial charge in [-0.05, 0) is 70.7 Å². The molecule has 0 radical (unpaired) electrons. The Morgan fingerprint density at radius 1 is 1.07 bits per heavy atom. The molecule has 11 nitrogen and oxygen atoms in total. The summed E-state index contributed by atoms with van der Waals surface area (Å²) in [6.07, 6.45) is -0.0135. The zero-order valence-corrected chi connectivity index (χ0v) is 24.7. The fraction of sp³-hybridized carbons (Fsp3) is 0.567. The van der Waals surface area contributed by atoms with Crippen LogP contribution in [0.2, 0.25) is 0 Å². The van der Waals surface area contributed by atoms with Crippen molar-refractivity contribution in [2.45, 2.75) is 59.9 Å². The lowest BCUT2D eigenvalue weighted by molar-refractivity contribution is -0.153. The highest BCUT2D eigenvalue weighted by molar-refractivity contribution is 5.99. The molecular weight excluding hydrogens is 528 g/mol. The van der Waals surface area contributed by atoms with Crippen molar-refractivity contribution < 1.29 is 33.8 Å². The van der Waals surface area contributed by atoms with Gasteiger partial charge in [-0.1, -0.05) is 12.1 Å². The first kappa shape index (κ1) is 32.0. The summed E-state index contributed by atoms with van der Waals surface area (Å²) in [4.78, 5) is 59.3. The van der Waals surface area contributed by atoms with Gasteiger partial charge >= 0.3 is 11.9 Å². The quantitative estimate of drug-likeness (QED) is 0.348. The number of hydrogen-bond acceptors (Lipinski definition) is 8. The summed E-state index contributed by atoms with van der Waals surface area (Å²) in [7, 11) is 0. The van der Waals surface area contributed by atoms with Crippen LogP contribution in [0.15, 0.2) is 24.3 Å². The molecule has 1 aromatic heterocycles. The van der Waals surface area contributed by atoms with Crippen LogP contribution >= 0.6 is 0 Å². The molecule has 0 saturated carbocycles. The Morgan fingerprint density at radius 2 is 1.78 bits per heavy atom. The lowest BCUT2D eigenvalue weighted by Crippen LogP contribution is -2.55. The SMILES string of the molecule is CCOCN1CCN(C(=O)[C@H](CCC(=O)O)NC(=O)c2cc(CC(C)(C)C(=O)OCC)c3ccc(C)cc3n2)CC1. The highest BCUT2D eigenvalue weighted by Gasteiger charge is 2.32. The average molecular weight is 571 g/mol. The number of aliphatic carboxylic acids is 1. The van der Waals surface area contributed by atoms with E-state index in [2.05, 4.69) is 15.2 Å². The molecule has 1 saturated heterocycles. The first-order valence-electron chi connectivity index (χ1n) is 14.1. The van der Waals surface area contributed by atoms with Crippen LogP contribution in [0.5, 0.6) is 0 Å². The number of piperazine rings is 1. The van der Waals surface area contributed by atoms with E-state index in [1.807, 2.05) is 32.0 Å².